The fraction of sp³-hybridized carbons (Fsp3) is 0.143. The number of nitrogen functional groups attached to an aromatic ring is 1. The average Bonchev–Trinajstić information content (AvgIpc) is 2.80. The summed E-state index contributed by atoms with van der Waals surface area (Å²) in [5.74, 6) is 0.859. The van der Waals surface area contributed by atoms with Gasteiger partial charge < -0.3 is 10.3 Å². The molecule has 0 aliphatic carbocycles. The summed E-state index contributed by atoms with van der Waals surface area (Å²) >= 11 is 6.08. The summed E-state index contributed by atoms with van der Waals surface area (Å²) in [7, 11) is 0. The van der Waals surface area contributed by atoms with Crippen molar-refractivity contribution in [2.45, 2.75) is 13.5 Å². The second kappa shape index (κ2) is 4.55. The average molecular weight is 273 g/mol. The monoisotopic (exact) mass is 272 g/mol. The number of hydrogen-bond acceptors (Lipinski definition) is 3. The van der Waals surface area contributed by atoms with E-state index in [1.165, 1.54) is 0 Å². The molecule has 19 heavy (non-hydrogen) atoms. The predicted molar refractivity (Wildman–Crippen MR) is 78.1 cm³/mol. The second-order valence-corrected chi connectivity index (χ2v) is 4.67. The number of nitrogens with two attached hydrogens (primary N) is 1. The van der Waals surface area contributed by atoms with Gasteiger partial charge in [-0.2, -0.15) is 0 Å². The molecule has 0 saturated carbocycles. The zero-order valence-corrected chi connectivity index (χ0v) is 11.2. The van der Waals surface area contributed by atoms with Crippen molar-refractivity contribution in [2.24, 2.45) is 0 Å². The highest BCUT2D eigenvalue weighted by Gasteiger charge is 2.12. The largest absolute Gasteiger partial charge is 0.398 e. The summed E-state index contributed by atoms with van der Waals surface area (Å²) in [5, 5.41) is 0.542. The third-order valence-electron chi connectivity index (χ3n) is 3.08. The summed E-state index contributed by atoms with van der Waals surface area (Å²) in [6.45, 7) is 2.86. The van der Waals surface area contributed by atoms with E-state index in [0.717, 1.165) is 29.1 Å². The van der Waals surface area contributed by atoms with Gasteiger partial charge in [0.1, 0.15) is 11.3 Å². The highest BCUT2D eigenvalue weighted by atomic mass is 35.5. The van der Waals surface area contributed by atoms with Crippen molar-refractivity contribution in [1.82, 2.24) is 14.5 Å². The molecule has 0 bridgehead atoms. The molecule has 2 heterocycles. The Kier molecular flexibility index (Phi) is 2.87. The van der Waals surface area contributed by atoms with Gasteiger partial charge in [0.25, 0.3) is 0 Å². The molecular formula is C14H13ClN4. The lowest BCUT2D eigenvalue weighted by molar-refractivity contribution is 0.787. The van der Waals surface area contributed by atoms with Crippen molar-refractivity contribution >= 4 is 28.5 Å². The summed E-state index contributed by atoms with van der Waals surface area (Å²) in [6.07, 6.45) is 1.77. The van der Waals surface area contributed by atoms with E-state index in [9.17, 15) is 0 Å². The fourth-order valence-electron chi connectivity index (χ4n) is 2.14. The van der Waals surface area contributed by atoms with E-state index in [1.54, 1.807) is 12.3 Å². The van der Waals surface area contributed by atoms with Crippen molar-refractivity contribution in [1.29, 1.82) is 0 Å². The van der Waals surface area contributed by atoms with Gasteiger partial charge in [-0.1, -0.05) is 11.6 Å². The molecular weight excluding hydrogens is 260 g/mol. The maximum Gasteiger partial charge on any atom is 0.160 e. The lowest BCUT2D eigenvalue weighted by Gasteiger charge is -2.06. The smallest absolute Gasteiger partial charge is 0.160 e. The molecule has 4 nitrogen and oxygen atoms in total. The van der Waals surface area contributed by atoms with E-state index in [1.807, 2.05) is 24.3 Å². The molecule has 0 spiro atoms. The molecule has 0 atom stereocenters. The first-order chi connectivity index (χ1) is 9.20. The normalized spacial score (nSPS) is 11.1. The standard InChI is InChI=1S/C14H13ClN4/c1-2-19-13(9-5-6-11(16)10(15)8-9)18-12-4-3-7-17-14(12)19/h3-8H,2,16H2,1H3. The lowest BCUT2D eigenvalue weighted by Crippen LogP contribution is -1.99. The van der Waals surface area contributed by atoms with Gasteiger partial charge in [-0.15, -0.1) is 0 Å². The van der Waals surface area contributed by atoms with Crippen LogP contribution in [0, 0.1) is 0 Å². The summed E-state index contributed by atoms with van der Waals surface area (Å²) < 4.78 is 2.07. The first kappa shape index (κ1) is 12.0. The predicted octanol–water partition coefficient (Wildman–Crippen LogP) is 3.35. The zero-order chi connectivity index (χ0) is 13.4. The van der Waals surface area contributed by atoms with Gasteiger partial charge in [0.2, 0.25) is 0 Å². The number of pyridine rings is 1. The third kappa shape index (κ3) is 1.94. The summed E-state index contributed by atoms with van der Waals surface area (Å²) in [6, 6.07) is 9.40. The molecule has 5 heteroatoms. The van der Waals surface area contributed by atoms with E-state index < -0.39 is 0 Å². The van der Waals surface area contributed by atoms with E-state index >= 15 is 0 Å². The molecule has 2 N–H and O–H groups in total. The molecule has 3 aromatic rings. The Hall–Kier alpha value is -2.07. The van der Waals surface area contributed by atoms with E-state index in [0.29, 0.717) is 10.7 Å². The Morgan fingerprint density at radius 2 is 2.16 bits per heavy atom. The Bertz CT molecular complexity index is 748. The van der Waals surface area contributed by atoms with Gasteiger partial charge in [-0.05, 0) is 37.3 Å². The van der Waals surface area contributed by atoms with Crippen LogP contribution in [0.3, 0.4) is 0 Å². The molecule has 0 unspecified atom stereocenters. The number of nitrogens with zero attached hydrogens (tertiary/aromatic N) is 3. The van der Waals surface area contributed by atoms with Gasteiger partial charge in [0.05, 0.1) is 10.7 Å². The number of benzene rings is 1. The number of halogens is 1. The third-order valence-corrected chi connectivity index (χ3v) is 3.41. The van der Waals surface area contributed by atoms with Crippen molar-refractivity contribution in [3.8, 4) is 11.4 Å². The molecule has 96 valence electrons. The van der Waals surface area contributed by atoms with E-state index in [-0.39, 0.29) is 0 Å². The van der Waals surface area contributed by atoms with Crippen LogP contribution in [0.2, 0.25) is 5.02 Å². The van der Waals surface area contributed by atoms with Crippen LogP contribution >= 0.6 is 11.6 Å². The maximum atomic E-state index is 6.08. The second-order valence-electron chi connectivity index (χ2n) is 4.26. The molecule has 0 saturated heterocycles. The molecule has 1 aromatic carbocycles. The number of rotatable bonds is 2. The van der Waals surface area contributed by atoms with Gasteiger partial charge in [-0.3, -0.25) is 0 Å². The van der Waals surface area contributed by atoms with Crippen molar-refractivity contribution < 1.29 is 0 Å². The summed E-state index contributed by atoms with van der Waals surface area (Å²) in [4.78, 5) is 9.01. The minimum Gasteiger partial charge on any atom is -0.398 e. The Morgan fingerprint density at radius 3 is 2.89 bits per heavy atom. The Balaban J connectivity index is 2.26. The Morgan fingerprint density at radius 1 is 1.32 bits per heavy atom. The fourth-order valence-corrected chi connectivity index (χ4v) is 2.33. The molecule has 3 rings (SSSR count). The first-order valence-corrected chi connectivity index (χ1v) is 6.45. The van der Waals surface area contributed by atoms with Crippen LogP contribution in [0.15, 0.2) is 36.5 Å². The van der Waals surface area contributed by atoms with Crippen LogP contribution in [0.1, 0.15) is 6.92 Å². The van der Waals surface area contributed by atoms with Crippen molar-refractivity contribution in [2.75, 3.05) is 5.73 Å². The maximum absolute atomic E-state index is 6.08. The summed E-state index contributed by atoms with van der Waals surface area (Å²) in [5.41, 5.74) is 9.02. The molecule has 2 aromatic heterocycles. The SMILES string of the molecule is CCn1c(-c2ccc(N)c(Cl)c2)nc2cccnc21. The van der Waals surface area contributed by atoms with E-state index in [2.05, 4.69) is 21.5 Å². The number of aromatic nitrogens is 3. The van der Waals surface area contributed by atoms with Gasteiger partial charge >= 0.3 is 0 Å². The molecule has 0 aliphatic rings. The zero-order valence-electron chi connectivity index (χ0n) is 10.5. The number of aryl methyl sites for hydroxylation is 1. The van der Waals surface area contributed by atoms with Crippen LogP contribution in [-0.2, 0) is 6.54 Å². The Labute approximate surface area is 115 Å². The number of imidazole rings is 1. The number of hydrogen-bond donors (Lipinski definition) is 1. The topological polar surface area (TPSA) is 56.7 Å². The van der Waals surface area contributed by atoms with Crippen LogP contribution in [0.4, 0.5) is 5.69 Å². The van der Waals surface area contributed by atoms with Crippen LogP contribution < -0.4 is 5.73 Å². The quantitative estimate of drug-likeness (QED) is 0.728. The first-order valence-electron chi connectivity index (χ1n) is 6.07. The number of fused-ring (bicyclic) bond motifs is 1. The molecule has 0 aliphatic heterocycles. The van der Waals surface area contributed by atoms with Crippen molar-refractivity contribution in [3.63, 3.8) is 0 Å². The van der Waals surface area contributed by atoms with E-state index in [4.69, 9.17) is 17.3 Å². The van der Waals surface area contributed by atoms with Crippen molar-refractivity contribution in [3.05, 3.63) is 41.6 Å². The lowest BCUT2D eigenvalue weighted by atomic mass is 10.2. The highest BCUT2D eigenvalue weighted by Crippen LogP contribution is 2.28. The minimum atomic E-state index is 0.542. The molecule has 0 fully saturated rings. The molecule has 0 amide bonds. The van der Waals surface area contributed by atoms with Crippen LogP contribution in [-0.4, -0.2) is 14.5 Å². The number of anilines is 1. The highest BCUT2D eigenvalue weighted by molar-refractivity contribution is 6.33. The van der Waals surface area contributed by atoms with Gasteiger partial charge in [0.15, 0.2) is 5.65 Å². The van der Waals surface area contributed by atoms with Gasteiger partial charge in [0, 0.05) is 18.3 Å². The van der Waals surface area contributed by atoms with Crippen LogP contribution in [0.5, 0.6) is 0 Å². The minimum absolute atomic E-state index is 0.542. The van der Waals surface area contributed by atoms with Gasteiger partial charge in [-0.25, -0.2) is 9.97 Å². The molecule has 0 radical (unpaired) electrons. The van der Waals surface area contributed by atoms with Crippen LogP contribution in [0.25, 0.3) is 22.6 Å².